The topological polar surface area (TPSA) is 29.5 Å². The Balaban J connectivity index is 2.38. The van der Waals surface area contributed by atoms with Crippen LogP contribution in [0.3, 0.4) is 0 Å². The number of halogens is 3. The maximum atomic E-state index is 11.7. The summed E-state index contributed by atoms with van der Waals surface area (Å²) in [5.41, 5.74) is 0. The van der Waals surface area contributed by atoms with Crippen molar-refractivity contribution in [3.05, 3.63) is 24.3 Å². The Bertz CT molecular complexity index is 302. The summed E-state index contributed by atoms with van der Waals surface area (Å²) in [5, 5.41) is 0.732. The molecule has 0 spiro atoms. The van der Waals surface area contributed by atoms with E-state index in [9.17, 15) is 13.2 Å². The fraction of sp³-hybridized carbons (Fsp3) is 0.250. The van der Waals surface area contributed by atoms with E-state index in [1.165, 1.54) is 0 Å². The summed E-state index contributed by atoms with van der Waals surface area (Å²) >= 11 is 0.668. The minimum absolute atomic E-state index is 0.310. The minimum atomic E-state index is -4.31. The molecule has 0 bridgehead atoms. The van der Waals surface area contributed by atoms with Crippen molar-refractivity contribution in [3.63, 3.8) is 0 Å². The molecule has 1 N–H and O–H groups in total. The number of alkyl halides is 3. The van der Waals surface area contributed by atoms with Gasteiger partial charge in [-0.05, 0) is 17.4 Å². The highest BCUT2D eigenvalue weighted by atomic mass is 32.2. The summed E-state index contributed by atoms with van der Waals surface area (Å²) in [5.74, 6) is 0. The molecule has 1 aromatic carbocycles. The Labute approximate surface area is 90.9 Å². The zero-order chi connectivity index (χ0) is 11.3. The van der Waals surface area contributed by atoms with Gasteiger partial charge in [-0.15, -0.1) is 0 Å². The molecule has 84 valence electrons. The van der Waals surface area contributed by atoms with Gasteiger partial charge in [-0.25, -0.2) is 0 Å². The second-order valence-electron chi connectivity index (χ2n) is 2.60. The molecule has 0 aliphatic heterocycles. The normalized spacial score (nSPS) is 12.5. The molecule has 0 saturated heterocycles. The number of benzene rings is 1. The lowest BCUT2D eigenvalue weighted by Gasteiger charge is -2.06. The average molecular weight is 256 g/mol. The molecule has 0 radical (unpaired) electrons. The molecule has 0 aliphatic rings. The van der Waals surface area contributed by atoms with Gasteiger partial charge in [0, 0.05) is 25.7 Å². The lowest BCUT2D eigenvalue weighted by molar-refractivity contribution is -0.150. The molecule has 0 aromatic heterocycles. The fourth-order valence-electron chi connectivity index (χ4n) is 0.749. The summed E-state index contributed by atoms with van der Waals surface area (Å²) in [6.45, 7) is -1.28. The third-order valence-corrected chi connectivity index (χ3v) is 2.65. The third kappa shape index (κ3) is 5.37. The quantitative estimate of drug-likeness (QED) is 0.663. The van der Waals surface area contributed by atoms with Crippen LogP contribution >= 0.6 is 20.9 Å². The number of hydrogen-bond donors (Lipinski definition) is 1. The van der Waals surface area contributed by atoms with Crippen LogP contribution in [0.4, 0.5) is 13.2 Å². The summed E-state index contributed by atoms with van der Waals surface area (Å²) in [6.07, 6.45) is -4.31. The summed E-state index contributed by atoms with van der Waals surface area (Å²) < 4.78 is 39.5. The molecule has 7 heteroatoms. The van der Waals surface area contributed by atoms with Crippen LogP contribution in [0, 0.1) is 0 Å². The maximum Gasteiger partial charge on any atom is 0.413 e. The Morgan fingerprint density at radius 1 is 1.27 bits per heavy atom. The first-order valence-corrected chi connectivity index (χ1v) is 5.56. The molecule has 0 amide bonds. The molecule has 15 heavy (non-hydrogen) atoms. The van der Waals surface area contributed by atoms with E-state index in [-0.39, 0.29) is 8.81 Å². The Kier molecular flexibility index (Phi) is 4.86. The van der Waals surface area contributed by atoms with E-state index < -0.39 is 12.8 Å². The lowest BCUT2D eigenvalue weighted by Crippen LogP contribution is -2.14. The van der Waals surface area contributed by atoms with Crippen molar-refractivity contribution in [1.29, 1.82) is 0 Å². The van der Waals surface area contributed by atoms with Gasteiger partial charge in [-0.1, -0.05) is 12.1 Å². The van der Waals surface area contributed by atoms with Gasteiger partial charge < -0.3 is 9.08 Å². The first kappa shape index (κ1) is 12.8. The van der Waals surface area contributed by atoms with Gasteiger partial charge in [-0.2, -0.15) is 13.2 Å². The van der Waals surface area contributed by atoms with Crippen molar-refractivity contribution in [2.24, 2.45) is 0 Å². The van der Waals surface area contributed by atoms with Crippen molar-refractivity contribution in [2.75, 3.05) is 6.61 Å². The van der Waals surface area contributed by atoms with Crippen LogP contribution in [-0.2, 0) is 4.18 Å². The van der Waals surface area contributed by atoms with Crippen LogP contribution in [0.2, 0.25) is 0 Å². The molecule has 0 aliphatic carbocycles. The van der Waals surface area contributed by atoms with E-state index in [4.69, 9.17) is 4.89 Å². The van der Waals surface area contributed by atoms with Crippen molar-refractivity contribution in [1.82, 2.24) is 0 Å². The van der Waals surface area contributed by atoms with E-state index in [0.717, 1.165) is 5.30 Å². The molecule has 1 rings (SSSR count). The van der Waals surface area contributed by atoms with Crippen molar-refractivity contribution < 1.29 is 22.2 Å². The van der Waals surface area contributed by atoms with Gasteiger partial charge in [0.25, 0.3) is 0 Å². The van der Waals surface area contributed by atoms with Gasteiger partial charge in [0.2, 0.25) is 0 Å². The maximum absolute atomic E-state index is 11.7. The van der Waals surface area contributed by atoms with E-state index >= 15 is 0 Å². The zero-order valence-corrected chi connectivity index (χ0v) is 9.23. The predicted octanol–water partition coefficient (Wildman–Crippen LogP) is 2.48. The molecule has 0 saturated carbocycles. The first-order chi connectivity index (χ1) is 7.01. The Hall–Kier alpha value is -0.290. The average Bonchev–Trinajstić information content (AvgIpc) is 2.17. The highest BCUT2D eigenvalue weighted by Crippen LogP contribution is 2.23. The van der Waals surface area contributed by atoms with E-state index in [1.54, 1.807) is 24.3 Å². The van der Waals surface area contributed by atoms with Crippen LogP contribution in [0.25, 0.3) is 0 Å². The van der Waals surface area contributed by atoms with E-state index in [2.05, 4.69) is 4.18 Å². The third-order valence-electron chi connectivity index (χ3n) is 1.36. The molecule has 2 nitrogen and oxygen atoms in total. The van der Waals surface area contributed by atoms with Gasteiger partial charge in [0.05, 0.1) is 0 Å². The smallest absolute Gasteiger partial charge is 0.372 e. The van der Waals surface area contributed by atoms with E-state index in [1.807, 2.05) is 0 Å². The summed E-state index contributed by atoms with van der Waals surface area (Å²) in [6, 6.07) is 6.47. The molecule has 1 aromatic rings. The minimum Gasteiger partial charge on any atom is -0.372 e. The van der Waals surface area contributed by atoms with Crippen LogP contribution in [-0.4, -0.2) is 17.7 Å². The molecular weight excluding hydrogens is 248 g/mol. The largest absolute Gasteiger partial charge is 0.413 e. The number of hydrogen-bond acceptors (Lipinski definition) is 3. The van der Waals surface area contributed by atoms with Gasteiger partial charge in [-0.3, -0.25) is 0 Å². The predicted molar refractivity (Wildman–Crippen MR) is 54.5 cm³/mol. The second kappa shape index (κ2) is 5.70. The SMILES string of the molecule is OPc1ccc(SOCC(F)(F)F)cc1. The van der Waals surface area contributed by atoms with Crippen molar-refractivity contribution in [3.8, 4) is 0 Å². The van der Waals surface area contributed by atoms with Gasteiger partial charge in [0.1, 0.15) is 0 Å². The molecular formula is C8H8F3O2PS. The Morgan fingerprint density at radius 2 is 1.87 bits per heavy atom. The van der Waals surface area contributed by atoms with Crippen LogP contribution in [0.15, 0.2) is 29.2 Å². The van der Waals surface area contributed by atoms with Crippen molar-refractivity contribution in [2.45, 2.75) is 11.1 Å². The van der Waals surface area contributed by atoms with Crippen LogP contribution < -0.4 is 5.30 Å². The lowest BCUT2D eigenvalue weighted by atomic mass is 10.4. The fourth-order valence-corrected chi connectivity index (χ4v) is 1.64. The second-order valence-corrected chi connectivity index (χ2v) is 4.27. The molecule has 0 fully saturated rings. The first-order valence-electron chi connectivity index (χ1n) is 3.87. The summed E-state index contributed by atoms with van der Waals surface area (Å²) in [7, 11) is -0.310. The van der Waals surface area contributed by atoms with Gasteiger partial charge >= 0.3 is 6.18 Å². The standard InChI is InChI=1S/C8H8F3O2PS/c9-8(10,11)5-13-15-7-3-1-6(14-12)2-4-7/h1-4,12,14H,5H2. The summed E-state index contributed by atoms with van der Waals surface area (Å²) in [4.78, 5) is 9.32. The monoisotopic (exact) mass is 256 g/mol. The molecule has 0 heterocycles. The van der Waals surface area contributed by atoms with E-state index in [0.29, 0.717) is 16.9 Å². The zero-order valence-electron chi connectivity index (χ0n) is 7.41. The Morgan fingerprint density at radius 3 is 2.33 bits per heavy atom. The number of rotatable bonds is 4. The van der Waals surface area contributed by atoms with Crippen molar-refractivity contribution >= 4 is 26.2 Å². The van der Waals surface area contributed by atoms with Crippen LogP contribution in [0.5, 0.6) is 0 Å². The molecule has 1 atom stereocenters. The van der Waals surface area contributed by atoms with Gasteiger partial charge in [0.15, 0.2) is 6.61 Å². The van der Waals surface area contributed by atoms with Crippen LogP contribution in [0.1, 0.15) is 0 Å². The highest BCUT2D eigenvalue weighted by molar-refractivity contribution is 7.94. The molecule has 1 unspecified atom stereocenters. The highest BCUT2D eigenvalue weighted by Gasteiger charge is 2.27.